The lowest BCUT2D eigenvalue weighted by Crippen LogP contribution is -2.06. The molecule has 0 spiro atoms. The molecule has 17 heavy (non-hydrogen) atoms. The van der Waals surface area contributed by atoms with Crippen LogP contribution in [0.3, 0.4) is 0 Å². The zero-order valence-electron chi connectivity index (χ0n) is 9.14. The quantitative estimate of drug-likeness (QED) is 0.853. The number of fused-ring (bicyclic) bond motifs is 1. The summed E-state index contributed by atoms with van der Waals surface area (Å²) in [6.07, 6.45) is -1.45. The van der Waals surface area contributed by atoms with E-state index in [-0.39, 0.29) is 5.39 Å². The van der Waals surface area contributed by atoms with Gasteiger partial charge in [0.2, 0.25) is 0 Å². The summed E-state index contributed by atoms with van der Waals surface area (Å²) in [5, 5.41) is 0.272. The zero-order chi connectivity index (χ0) is 12.5. The molecule has 0 aliphatic carbocycles. The van der Waals surface area contributed by atoms with Crippen molar-refractivity contribution in [2.24, 2.45) is 5.73 Å². The van der Waals surface area contributed by atoms with Crippen molar-refractivity contribution >= 4 is 10.9 Å². The lowest BCUT2D eigenvalue weighted by Gasteiger charge is -2.09. The molecule has 0 atom stereocenters. The minimum absolute atomic E-state index is 0.272. The van der Waals surface area contributed by atoms with Crippen LogP contribution in [0.1, 0.15) is 17.5 Å². The third-order valence-corrected chi connectivity index (χ3v) is 2.74. The molecule has 0 saturated heterocycles. The summed E-state index contributed by atoms with van der Waals surface area (Å²) in [7, 11) is 0. The molecule has 2 aromatic rings. The van der Waals surface area contributed by atoms with E-state index in [0.717, 1.165) is 6.07 Å². The highest BCUT2D eigenvalue weighted by molar-refractivity contribution is 5.87. The molecular weight excluding hydrogens is 229 g/mol. The number of aryl methyl sites for hydroxylation is 1. The minimum atomic E-state index is -4.32. The smallest absolute Gasteiger partial charge is 0.361 e. The lowest BCUT2D eigenvalue weighted by molar-refractivity contribution is -0.136. The van der Waals surface area contributed by atoms with Crippen molar-refractivity contribution in [1.82, 2.24) is 4.98 Å². The van der Waals surface area contributed by atoms with Gasteiger partial charge in [0.05, 0.1) is 5.56 Å². The standard InChI is InChI=1S/C12H13F3N2/c13-12(14,15)9-4-1-5-10-11(9)8(7-17-10)3-2-6-16/h1,4-5,7,17H,2-3,6,16H2. The molecule has 3 N–H and O–H groups in total. The molecule has 0 amide bonds. The second kappa shape index (κ2) is 4.41. The molecule has 0 bridgehead atoms. The van der Waals surface area contributed by atoms with Crippen LogP contribution < -0.4 is 5.73 Å². The van der Waals surface area contributed by atoms with E-state index in [1.54, 1.807) is 12.3 Å². The molecule has 5 heteroatoms. The summed E-state index contributed by atoms with van der Waals surface area (Å²) in [5.41, 5.74) is 6.00. The summed E-state index contributed by atoms with van der Waals surface area (Å²) in [6, 6.07) is 4.17. The average molecular weight is 242 g/mol. The first kappa shape index (κ1) is 12.0. The largest absolute Gasteiger partial charge is 0.417 e. The van der Waals surface area contributed by atoms with Gasteiger partial charge in [-0.3, -0.25) is 0 Å². The van der Waals surface area contributed by atoms with Crippen LogP contribution in [0.5, 0.6) is 0 Å². The van der Waals surface area contributed by atoms with Gasteiger partial charge >= 0.3 is 6.18 Å². The summed E-state index contributed by atoms with van der Waals surface area (Å²) in [5.74, 6) is 0. The molecule has 1 aromatic heterocycles. The fourth-order valence-corrected chi connectivity index (χ4v) is 1.98. The highest BCUT2D eigenvalue weighted by Crippen LogP contribution is 2.36. The minimum Gasteiger partial charge on any atom is -0.361 e. The topological polar surface area (TPSA) is 41.8 Å². The molecule has 0 unspecified atom stereocenters. The second-order valence-electron chi connectivity index (χ2n) is 3.93. The molecule has 2 nitrogen and oxygen atoms in total. The van der Waals surface area contributed by atoms with E-state index in [4.69, 9.17) is 5.73 Å². The number of nitrogens with two attached hydrogens (primary N) is 1. The van der Waals surface area contributed by atoms with Crippen LogP contribution in [0.2, 0.25) is 0 Å². The second-order valence-corrected chi connectivity index (χ2v) is 3.93. The van der Waals surface area contributed by atoms with E-state index in [9.17, 15) is 13.2 Å². The number of nitrogens with one attached hydrogen (secondary N) is 1. The van der Waals surface area contributed by atoms with Gasteiger partial charge in [0.1, 0.15) is 0 Å². The Morgan fingerprint density at radius 2 is 2.00 bits per heavy atom. The van der Waals surface area contributed by atoms with Gasteiger partial charge in [-0.15, -0.1) is 0 Å². The van der Waals surface area contributed by atoms with Gasteiger partial charge in [-0.05, 0) is 37.1 Å². The normalized spacial score (nSPS) is 12.2. The fraction of sp³-hybridized carbons (Fsp3) is 0.333. The number of hydrogen-bond donors (Lipinski definition) is 2. The fourth-order valence-electron chi connectivity index (χ4n) is 1.98. The molecule has 0 saturated carbocycles. The highest BCUT2D eigenvalue weighted by atomic mass is 19.4. The first-order valence-electron chi connectivity index (χ1n) is 5.40. The molecule has 0 fully saturated rings. The van der Waals surface area contributed by atoms with Crippen LogP contribution in [0.4, 0.5) is 13.2 Å². The van der Waals surface area contributed by atoms with Gasteiger partial charge in [-0.1, -0.05) is 6.07 Å². The van der Waals surface area contributed by atoms with Crippen LogP contribution in [0.15, 0.2) is 24.4 Å². The molecule has 1 aromatic carbocycles. The van der Waals surface area contributed by atoms with Crippen molar-refractivity contribution in [3.63, 3.8) is 0 Å². The number of halogens is 3. The number of hydrogen-bond acceptors (Lipinski definition) is 1. The number of aromatic amines is 1. The SMILES string of the molecule is NCCCc1c[nH]c2cccc(C(F)(F)F)c12. The van der Waals surface area contributed by atoms with E-state index in [2.05, 4.69) is 4.98 Å². The Hall–Kier alpha value is -1.49. The molecule has 0 radical (unpaired) electrons. The van der Waals surface area contributed by atoms with Crippen molar-refractivity contribution in [3.8, 4) is 0 Å². The van der Waals surface area contributed by atoms with Gasteiger partial charge in [0.25, 0.3) is 0 Å². The number of H-pyrrole nitrogens is 1. The molecule has 0 aliphatic heterocycles. The maximum atomic E-state index is 12.9. The molecule has 1 heterocycles. The van der Waals surface area contributed by atoms with Crippen molar-refractivity contribution < 1.29 is 13.2 Å². The summed E-state index contributed by atoms with van der Waals surface area (Å²) in [6.45, 7) is 0.473. The number of rotatable bonds is 3. The summed E-state index contributed by atoms with van der Waals surface area (Å²) in [4.78, 5) is 2.87. The number of alkyl halides is 3. The van der Waals surface area contributed by atoms with Crippen molar-refractivity contribution in [3.05, 3.63) is 35.5 Å². The Morgan fingerprint density at radius 1 is 1.24 bits per heavy atom. The maximum Gasteiger partial charge on any atom is 0.417 e. The monoisotopic (exact) mass is 242 g/mol. The van der Waals surface area contributed by atoms with E-state index >= 15 is 0 Å². The molecule has 92 valence electrons. The van der Waals surface area contributed by atoms with Gasteiger partial charge < -0.3 is 10.7 Å². The van der Waals surface area contributed by atoms with Crippen LogP contribution in [-0.4, -0.2) is 11.5 Å². The Morgan fingerprint density at radius 3 is 2.65 bits per heavy atom. The van der Waals surface area contributed by atoms with E-state index in [1.165, 1.54) is 6.07 Å². The Kier molecular flexibility index (Phi) is 3.11. The first-order valence-corrected chi connectivity index (χ1v) is 5.40. The first-order chi connectivity index (χ1) is 8.04. The van der Waals surface area contributed by atoms with Crippen LogP contribution in [-0.2, 0) is 12.6 Å². The van der Waals surface area contributed by atoms with Gasteiger partial charge in [0.15, 0.2) is 0 Å². The van der Waals surface area contributed by atoms with Crippen LogP contribution in [0.25, 0.3) is 10.9 Å². The maximum absolute atomic E-state index is 12.9. The van der Waals surface area contributed by atoms with E-state index in [1.807, 2.05) is 0 Å². The molecule has 2 rings (SSSR count). The van der Waals surface area contributed by atoms with Crippen molar-refractivity contribution in [1.29, 1.82) is 0 Å². The van der Waals surface area contributed by atoms with Crippen molar-refractivity contribution in [2.75, 3.05) is 6.54 Å². The average Bonchev–Trinajstić information content (AvgIpc) is 2.68. The van der Waals surface area contributed by atoms with Crippen molar-refractivity contribution in [2.45, 2.75) is 19.0 Å². The van der Waals surface area contributed by atoms with Crippen LogP contribution >= 0.6 is 0 Å². The van der Waals surface area contributed by atoms with E-state index in [0.29, 0.717) is 30.5 Å². The number of benzene rings is 1. The Labute approximate surface area is 96.6 Å². The van der Waals surface area contributed by atoms with Gasteiger partial charge in [-0.25, -0.2) is 0 Å². The predicted molar refractivity (Wildman–Crippen MR) is 60.7 cm³/mol. The molecular formula is C12H13F3N2. The van der Waals surface area contributed by atoms with E-state index < -0.39 is 11.7 Å². The molecule has 0 aliphatic rings. The van der Waals surface area contributed by atoms with Gasteiger partial charge in [-0.2, -0.15) is 13.2 Å². The highest BCUT2D eigenvalue weighted by Gasteiger charge is 2.33. The lowest BCUT2D eigenvalue weighted by atomic mass is 10.0. The third kappa shape index (κ3) is 2.29. The number of aromatic nitrogens is 1. The van der Waals surface area contributed by atoms with Crippen LogP contribution in [0, 0.1) is 0 Å². The summed E-state index contributed by atoms with van der Waals surface area (Å²) >= 11 is 0. The zero-order valence-corrected chi connectivity index (χ0v) is 9.14. The third-order valence-electron chi connectivity index (χ3n) is 2.74. The Balaban J connectivity index is 2.56. The predicted octanol–water partition coefficient (Wildman–Crippen LogP) is 3.08. The Bertz CT molecular complexity index is 514. The summed E-state index contributed by atoms with van der Waals surface area (Å²) < 4.78 is 38.6. The van der Waals surface area contributed by atoms with Gasteiger partial charge in [0, 0.05) is 17.1 Å².